The monoisotopic (exact) mass is 424 g/mol. The van der Waals surface area contributed by atoms with E-state index in [4.69, 9.17) is 9.47 Å². The van der Waals surface area contributed by atoms with Gasteiger partial charge in [-0.2, -0.15) is 0 Å². The highest BCUT2D eigenvalue weighted by molar-refractivity contribution is 5.94. The number of pyridine rings is 2. The molecule has 2 saturated heterocycles. The second kappa shape index (κ2) is 9.87. The fourth-order valence-corrected chi connectivity index (χ4v) is 4.08. The number of amides is 2. The highest BCUT2D eigenvalue weighted by Gasteiger charge is 2.26. The van der Waals surface area contributed by atoms with Crippen LogP contribution in [0.2, 0.25) is 0 Å². The summed E-state index contributed by atoms with van der Waals surface area (Å²) in [6.07, 6.45) is 7.04. The van der Waals surface area contributed by atoms with Gasteiger partial charge in [-0.15, -0.1) is 0 Å². The number of carbonyl (C=O) groups excluding carboxylic acids is 2. The Balaban J connectivity index is 1.28. The van der Waals surface area contributed by atoms with Crippen LogP contribution in [0.4, 0.5) is 0 Å². The van der Waals surface area contributed by atoms with Crippen LogP contribution in [0.25, 0.3) is 0 Å². The lowest BCUT2D eigenvalue weighted by Gasteiger charge is -2.31. The average molecular weight is 425 g/mol. The predicted molar refractivity (Wildman–Crippen MR) is 114 cm³/mol. The Morgan fingerprint density at radius 1 is 1.10 bits per heavy atom. The van der Waals surface area contributed by atoms with Crippen LogP contribution in [-0.2, 0) is 4.74 Å². The third kappa shape index (κ3) is 5.19. The molecular formula is C23H28N4O4. The molecule has 0 bridgehead atoms. The van der Waals surface area contributed by atoms with Gasteiger partial charge in [-0.1, -0.05) is 0 Å². The first kappa shape index (κ1) is 21.2. The van der Waals surface area contributed by atoms with Crippen molar-refractivity contribution in [3.8, 4) is 5.88 Å². The van der Waals surface area contributed by atoms with Crippen molar-refractivity contribution in [2.45, 2.75) is 37.7 Å². The number of nitrogens with zero attached hydrogens (tertiary/aromatic N) is 3. The van der Waals surface area contributed by atoms with Crippen molar-refractivity contribution in [1.82, 2.24) is 20.2 Å². The molecule has 0 aromatic carbocycles. The fraction of sp³-hybridized carbons (Fsp3) is 0.478. The van der Waals surface area contributed by atoms with E-state index in [0.717, 1.165) is 38.0 Å². The summed E-state index contributed by atoms with van der Waals surface area (Å²) in [4.78, 5) is 35.5. The number of hydrogen-bond acceptors (Lipinski definition) is 6. The molecule has 4 heterocycles. The topological polar surface area (TPSA) is 93.7 Å². The number of aromatic nitrogens is 2. The van der Waals surface area contributed by atoms with Gasteiger partial charge in [0.1, 0.15) is 0 Å². The minimum atomic E-state index is -0.122. The first-order valence-corrected chi connectivity index (χ1v) is 10.8. The number of ether oxygens (including phenoxy) is 2. The van der Waals surface area contributed by atoms with Crippen LogP contribution in [0.1, 0.15) is 58.0 Å². The number of carbonyl (C=O) groups is 2. The van der Waals surface area contributed by atoms with Crippen LogP contribution in [0.5, 0.6) is 5.88 Å². The summed E-state index contributed by atoms with van der Waals surface area (Å²) in [6, 6.07) is 7.19. The second-order valence-electron chi connectivity index (χ2n) is 7.97. The van der Waals surface area contributed by atoms with Crippen LogP contribution >= 0.6 is 0 Å². The van der Waals surface area contributed by atoms with E-state index >= 15 is 0 Å². The van der Waals surface area contributed by atoms with Crippen molar-refractivity contribution in [3.05, 3.63) is 53.5 Å². The maximum atomic E-state index is 12.7. The van der Waals surface area contributed by atoms with Crippen molar-refractivity contribution in [3.63, 3.8) is 0 Å². The molecule has 164 valence electrons. The molecule has 2 aliphatic rings. The molecule has 2 aromatic rings. The largest absolute Gasteiger partial charge is 0.481 e. The minimum Gasteiger partial charge on any atom is -0.481 e. The number of nitrogens with one attached hydrogen (secondary N) is 1. The second-order valence-corrected chi connectivity index (χ2v) is 7.97. The summed E-state index contributed by atoms with van der Waals surface area (Å²) >= 11 is 0. The molecule has 0 radical (unpaired) electrons. The molecule has 31 heavy (non-hydrogen) atoms. The predicted octanol–water partition coefficient (Wildman–Crippen LogP) is 2.41. The van der Waals surface area contributed by atoms with Gasteiger partial charge in [0, 0.05) is 56.3 Å². The molecule has 2 aromatic heterocycles. The van der Waals surface area contributed by atoms with E-state index < -0.39 is 0 Å². The average Bonchev–Trinajstić information content (AvgIpc) is 3.36. The Kier molecular flexibility index (Phi) is 6.76. The van der Waals surface area contributed by atoms with E-state index in [9.17, 15) is 9.59 Å². The van der Waals surface area contributed by atoms with E-state index in [2.05, 4.69) is 15.3 Å². The van der Waals surface area contributed by atoms with E-state index in [-0.39, 0.29) is 23.8 Å². The lowest BCUT2D eigenvalue weighted by Crippen LogP contribution is -2.38. The molecule has 2 aliphatic heterocycles. The smallest absolute Gasteiger partial charge is 0.255 e. The summed E-state index contributed by atoms with van der Waals surface area (Å²) in [6.45, 7) is 2.65. The van der Waals surface area contributed by atoms with Gasteiger partial charge in [-0.25, -0.2) is 4.98 Å². The van der Waals surface area contributed by atoms with Crippen LogP contribution < -0.4 is 10.1 Å². The molecule has 1 atom stereocenters. The van der Waals surface area contributed by atoms with Crippen LogP contribution in [0.15, 0.2) is 36.7 Å². The molecule has 1 N–H and O–H groups in total. The SMILES string of the molecule is COc1ccc(C(=O)N2CCC(c3ccc(C(=O)NCC4CCCO4)cn3)CC2)cn1. The number of methoxy groups -OCH3 is 1. The Labute approximate surface area is 182 Å². The van der Waals surface area contributed by atoms with Crippen molar-refractivity contribution in [1.29, 1.82) is 0 Å². The van der Waals surface area contributed by atoms with Gasteiger partial charge in [0.2, 0.25) is 5.88 Å². The van der Waals surface area contributed by atoms with E-state index in [0.29, 0.717) is 36.6 Å². The molecule has 1 unspecified atom stereocenters. The highest BCUT2D eigenvalue weighted by Crippen LogP contribution is 2.27. The Morgan fingerprint density at radius 3 is 2.48 bits per heavy atom. The first-order valence-electron chi connectivity index (χ1n) is 10.8. The zero-order valence-electron chi connectivity index (χ0n) is 17.8. The Morgan fingerprint density at radius 2 is 1.87 bits per heavy atom. The third-order valence-corrected chi connectivity index (χ3v) is 5.96. The zero-order valence-corrected chi connectivity index (χ0v) is 17.8. The van der Waals surface area contributed by atoms with Crippen molar-refractivity contribution < 1.29 is 19.1 Å². The van der Waals surface area contributed by atoms with Gasteiger partial charge < -0.3 is 19.7 Å². The van der Waals surface area contributed by atoms with E-state index in [1.165, 1.54) is 0 Å². The molecule has 2 fully saturated rings. The summed E-state index contributed by atoms with van der Waals surface area (Å²) in [5.74, 6) is 0.635. The number of piperidine rings is 1. The van der Waals surface area contributed by atoms with E-state index in [1.807, 2.05) is 17.0 Å². The molecule has 8 nitrogen and oxygen atoms in total. The summed E-state index contributed by atoms with van der Waals surface area (Å²) in [5.41, 5.74) is 2.09. The van der Waals surface area contributed by atoms with Crippen LogP contribution in [0, 0.1) is 0 Å². The maximum Gasteiger partial charge on any atom is 0.255 e. The molecule has 0 saturated carbocycles. The fourth-order valence-electron chi connectivity index (χ4n) is 4.08. The van der Waals surface area contributed by atoms with Crippen molar-refractivity contribution in [2.75, 3.05) is 33.4 Å². The van der Waals surface area contributed by atoms with Gasteiger partial charge in [0.15, 0.2) is 0 Å². The summed E-state index contributed by atoms with van der Waals surface area (Å²) < 4.78 is 10.6. The summed E-state index contributed by atoms with van der Waals surface area (Å²) in [7, 11) is 1.55. The third-order valence-electron chi connectivity index (χ3n) is 5.96. The number of hydrogen-bond donors (Lipinski definition) is 1. The molecular weight excluding hydrogens is 396 g/mol. The Hall–Kier alpha value is -3.00. The highest BCUT2D eigenvalue weighted by atomic mass is 16.5. The van der Waals surface area contributed by atoms with Crippen molar-refractivity contribution in [2.24, 2.45) is 0 Å². The van der Waals surface area contributed by atoms with Gasteiger partial charge in [0.05, 0.1) is 24.3 Å². The van der Waals surface area contributed by atoms with E-state index in [1.54, 1.807) is 31.6 Å². The first-order chi connectivity index (χ1) is 15.1. The lowest BCUT2D eigenvalue weighted by atomic mass is 9.92. The maximum absolute atomic E-state index is 12.7. The minimum absolute atomic E-state index is 0.0141. The number of likely N-dealkylation sites (tertiary alicyclic amines) is 1. The normalized spacial score (nSPS) is 19.3. The van der Waals surface area contributed by atoms with Gasteiger partial charge in [-0.05, 0) is 43.9 Å². The quantitative estimate of drug-likeness (QED) is 0.765. The lowest BCUT2D eigenvalue weighted by molar-refractivity contribution is 0.0711. The van der Waals surface area contributed by atoms with Gasteiger partial charge in [0.25, 0.3) is 11.8 Å². The van der Waals surface area contributed by atoms with Crippen molar-refractivity contribution >= 4 is 11.8 Å². The van der Waals surface area contributed by atoms with Crippen LogP contribution in [-0.4, -0.2) is 66.1 Å². The van der Waals surface area contributed by atoms with Gasteiger partial charge in [-0.3, -0.25) is 14.6 Å². The number of rotatable bonds is 6. The zero-order chi connectivity index (χ0) is 21.6. The molecule has 0 spiro atoms. The van der Waals surface area contributed by atoms with Crippen LogP contribution in [0.3, 0.4) is 0 Å². The molecule has 4 rings (SSSR count). The molecule has 0 aliphatic carbocycles. The summed E-state index contributed by atoms with van der Waals surface area (Å²) in [5, 5.41) is 2.92. The molecule has 2 amide bonds. The Bertz CT molecular complexity index is 887. The van der Waals surface area contributed by atoms with Gasteiger partial charge >= 0.3 is 0 Å². The standard InChI is InChI=1S/C23H28N4O4/c1-30-21-7-5-18(14-25-21)23(29)27-10-8-16(9-11-27)20-6-4-17(13-24-20)22(28)26-15-19-3-2-12-31-19/h4-7,13-14,16,19H,2-3,8-12,15H2,1H3,(H,26,28). The molecule has 8 heteroatoms.